The van der Waals surface area contributed by atoms with Gasteiger partial charge in [0.2, 0.25) is 0 Å². The third kappa shape index (κ3) is 2.70. The molecule has 3 rings (SSSR count). The minimum absolute atomic E-state index is 0.615. The van der Waals surface area contributed by atoms with E-state index in [1.807, 2.05) is 30.3 Å². The molecule has 0 spiro atoms. The number of aliphatic hydroxyl groups excluding tert-OH is 1. The Kier molecular flexibility index (Phi) is 4.03. The summed E-state index contributed by atoms with van der Waals surface area (Å²) in [5, 5.41) is 22.7. The summed E-state index contributed by atoms with van der Waals surface area (Å²) < 4.78 is 5.59. The predicted octanol–water partition coefficient (Wildman–Crippen LogP) is 2.15. The van der Waals surface area contributed by atoms with Crippen molar-refractivity contribution in [2.45, 2.75) is 25.9 Å². The van der Waals surface area contributed by atoms with Crippen molar-refractivity contribution < 1.29 is 5.11 Å². The smallest absolute Gasteiger partial charge is 0.135 e. The normalized spacial score (nSPS) is 12.5. The van der Waals surface area contributed by atoms with Crippen LogP contribution in [-0.2, 0) is 6.42 Å². The zero-order valence-corrected chi connectivity index (χ0v) is 12.4. The molecule has 21 heavy (non-hydrogen) atoms. The molecule has 2 aromatic heterocycles. The maximum absolute atomic E-state index is 10.6. The molecule has 0 saturated carbocycles. The van der Waals surface area contributed by atoms with Gasteiger partial charge >= 0.3 is 0 Å². The van der Waals surface area contributed by atoms with Gasteiger partial charge in [-0.1, -0.05) is 41.2 Å². The molecule has 3 aromatic rings. The topological polar surface area (TPSA) is 76.7 Å². The highest BCUT2D eigenvalue weighted by atomic mass is 32.1. The summed E-state index contributed by atoms with van der Waals surface area (Å²) in [7, 11) is 0. The number of nitrogens with zero attached hydrogens (tertiary/aromatic N) is 5. The van der Waals surface area contributed by atoms with Crippen molar-refractivity contribution in [3.63, 3.8) is 0 Å². The Morgan fingerprint density at radius 1 is 1.29 bits per heavy atom. The molecule has 6 nitrogen and oxygen atoms in total. The average molecular weight is 301 g/mol. The van der Waals surface area contributed by atoms with Crippen molar-refractivity contribution in [2.24, 2.45) is 0 Å². The summed E-state index contributed by atoms with van der Waals surface area (Å²) in [6.07, 6.45) is 2.52. The second kappa shape index (κ2) is 6.11. The van der Waals surface area contributed by atoms with Gasteiger partial charge in [0.25, 0.3) is 0 Å². The Morgan fingerprint density at radius 2 is 2.10 bits per heavy atom. The summed E-state index contributed by atoms with van der Waals surface area (Å²) in [5.41, 5.74) is 2.32. The van der Waals surface area contributed by atoms with Crippen LogP contribution in [0.15, 0.2) is 36.5 Å². The zero-order chi connectivity index (χ0) is 14.7. The highest BCUT2D eigenvalue weighted by Gasteiger charge is 2.22. The van der Waals surface area contributed by atoms with Gasteiger partial charge < -0.3 is 5.11 Å². The molecule has 0 radical (unpaired) electrons. The molecule has 1 atom stereocenters. The maximum atomic E-state index is 10.6. The molecule has 0 bridgehead atoms. The lowest BCUT2D eigenvalue weighted by Gasteiger charge is -2.11. The van der Waals surface area contributed by atoms with Crippen LogP contribution < -0.4 is 0 Å². The Bertz CT molecular complexity index is 709. The molecule has 0 fully saturated rings. The number of para-hydroxylation sites is 1. The second-order valence-electron chi connectivity index (χ2n) is 4.64. The molecule has 1 aromatic carbocycles. The quantitative estimate of drug-likeness (QED) is 0.781. The number of aliphatic hydroxyl groups is 1. The van der Waals surface area contributed by atoms with Crippen LogP contribution in [0.2, 0.25) is 0 Å². The fraction of sp³-hybridized carbons (Fsp3) is 0.286. The monoisotopic (exact) mass is 301 g/mol. The van der Waals surface area contributed by atoms with Crippen molar-refractivity contribution in [1.82, 2.24) is 24.6 Å². The van der Waals surface area contributed by atoms with Gasteiger partial charge in [-0.3, -0.25) is 0 Å². The number of aromatic nitrogens is 5. The van der Waals surface area contributed by atoms with Gasteiger partial charge in [-0.15, -0.1) is 10.2 Å². The maximum Gasteiger partial charge on any atom is 0.135 e. The van der Waals surface area contributed by atoms with Crippen molar-refractivity contribution in [3.8, 4) is 5.69 Å². The molecule has 0 aliphatic rings. The summed E-state index contributed by atoms with van der Waals surface area (Å²) in [6.45, 7) is 2.07. The molecule has 0 saturated heterocycles. The Hall–Kier alpha value is -2.12. The zero-order valence-electron chi connectivity index (χ0n) is 11.5. The summed E-state index contributed by atoms with van der Waals surface area (Å²) in [4.78, 5) is 0.760. The minimum atomic E-state index is -0.818. The van der Waals surface area contributed by atoms with Crippen molar-refractivity contribution in [2.75, 3.05) is 0 Å². The molecule has 1 N–H and O–H groups in total. The van der Waals surface area contributed by atoms with Gasteiger partial charge in [0.15, 0.2) is 0 Å². The largest absolute Gasteiger partial charge is 0.381 e. The van der Waals surface area contributed by atoms with Crippen LogP contribution >= 0.6 is 11.5 Å². The van der Waals surface area contributed by atoms with Crippen LogP contribution in [0, 0.1) is 0 Å². The van der Waals surface area contributed by atoms with Gasteiger partial charge in [0.05, 0.1) is 28.1 Å². The number of hydrogen-bond acceptors (Lipinski definition) is 6. The third-order valence-corrected chi connectivity index (χ3v) is 4.00. The average Bonchev–Trinajstić information content (AvgIpc) is 3.17. The fourth-order valence-corrected chi connectivity index (χ4v) is 2.86. The van der Waals surface area contributed by atoms with Crippen LogP contribution in [0.5, 0.6) is 0 Å². The lowest BCUT2D eigenvalue weighted by molar-refractivity contribution is 0.214. The number of benzene rings is 1. The second-order valence-corrected chi connectivity index (χ2v) is 5.43. The van der Waals surface area contributed by atoms with E-state index in [1.54, 1.807) is 10.9 Å². The molecular weight excluding hydrogens is 286 g/mol. The molecule has 0 aliphatic heterocycles. The Balaban J connectivity index is 1.98. The first-order valence-corrected chi connectivity index (χ1v) is 7.53. The van der Waals surface area contributed by atoms with E-state index >= 15 is 0 Å². The number of aryl methyl sites for hydroxylation is 1. The fourth-order valence-electron chi connectivity index (χ4n) is 2.17. The molecule has 7 heteroatoms. The highest BCUT2D eigenvalue weighted by Crippen LogP contribution is 2.28. The molecule has 0 amide bonds. The van der Waals surface area contributed by atoms with E-state index in [0.29, 0.717) is 5.69 Å². The van der Waals surface area contributed by atoms with Crippen molar-refractivity contribution >= 4 is 11.5 Å². The van der Waals surface area contributed by atoms with E-state index < -0.39 is 6.10 Å². The lowest BCUT2D eigenvalue weighted by Crippen LogP contribution is -2.09. The minimum Gasteiger partial charge on any atom is -0.381 e. The standard InChI is InChI=1S/C14H15N5OS/c1-2-6-11-14(21-18-16-11)13(20)12-9-15-17-19(12)10-7-4-3-5-8-10/h3-5,7-9,13,20H,2,6H2,1H3. The van der Waals surface area contributed by atoms with Crippen LogP contribution in [0.25, 0.3) is 5.69 Å². The first-order chi connectivity index (χ1) is 10.3. The van der Waals surface area contributed by atoms with Gasteiger partial charge in [0.1, 0.15) is 6.10 Å². The van der Waals surface area contributed by atoms with Gasteiger partial charge in [-0.25, -0.2) is 4.68 Å². The van der Waals surface area contributed by atoms with E-state index in [9.17, 15) is 5.11 Å². The SMILES string of the molecule is CCCc1nnsc1C(O)c1cnnn1-c1ccccc1. The summed E-state index contributed by atoms with van der Waals surface area (Å²) >= 11 is 1.22. The molecule has 108 valence electrons. The molecule has 0 aliphatic carbocycles. The van der Waals surface area contributed by atoms with Crippen LogP contribution in [0.3, 0.4) is 0 Å². The summed E-state index contributed by atoms with van der Waals surface area (Å²) in [5.74, 6) is 0. The predicted molar refractivity (Wildman–Crippen MR) is 79.3 cm³/mol. The van der Waals surface area contributed by atoms with Crippen molar-refractivity contribution in [3.05, 3.63) is 52.8 Å². The summed E-state index contributed by atoms with van der Waals surface area (Å²) in [6, 6.07) is 9.61. The number of rotatable bonds is 5. The first kappa shape index (κ1) is 13.8. The van der Waals surface area contributed by atoms with E-state index in [0.717, 1.165) is 29.1 Å². The van der Waals surface area contributed by atoms with Gasteiger partial charge in [0, 0.05) is 0 Å². The lowest BCUT2D eigenvalue weighted by atomic mass is 10.1. The first-order valence-electron chi connectivity index (χ1n) is 6.76. The number of hydrogen-bond donors (Lipinski definition) is 1. The van der Waals surface area contributed by atoms with Gasteiger partial charge in [-0.2, -0.15) is 0 Å². The van der Waals surface area contributed by atoms with Crippen LogP contribution in [0.4, 0.5) is 0 Å². The third-order valence-electron chi connectivity index (χ3n) is 3.18. The molecule has 2 heterocycles. The Labute approximate surface area is 126 Å². The molecular formula is C14H15N5OS. The van der Waals surface area contributed by atoms with E-state index in [-0.39, 0.29) is 0 Å². The van der Waals surface area contributed by atoms with E-state index in [1.165, 1.54) is 11.5 Å². The van der Waals surface area contributed by atoms with Crippen LogP contribution in [0.1, 0.15) is 35.7 Å². The van der Waals surface area contributed by atoms with Gasteiger partial charge in [-0.05, 0) is 30.1 Å². The van der Waals surface area contributed by atoms with Crippen LogP contribution in [-0.4, -0.2) is 29.7 Å². The Morgan fingerprint density at radius 3 is 2.86 bits per heavy atom. The van der Waals surface area contributed by atoms with Crippen molar-refractivity contribution in [1.29, 1.82) is 0 Å². The van der Waals surface area contributed by atoms with E-state index in [2.05, 4.69) is 26.8 Å². The highest BCUT2D eigenvalue weighted by molar-refractivity contribution is 7.05. The van der Waals surface area contributed by atoms with E-state index in [4.69, 9.17) is 0 Å². The molecule has 1 unspecified atom stereocenters.